The number of carbonyl (C=O) groups is 1. The minimum absolute atomic E-state index is 0.136. The van der Waals surface area contributed by atoms with Gasteiger partial charge >= 0.3 is 0 Å². The monoisotopic (exact) mass is 336 g/mol. The van der Waals surface area contributed by atoms with Gasteiger partial charge in [-0.05, 0) is 37.3 Å². The lowest BCUT2D eigenvalue weighted by Gasteiger charge is -2.06. The third-order valence-electron chi connectivity index (χ3n) is 3.89. The Labute approximate surface area is 146 Å². The van der Waals surface area contributed by atoms with E-state index >= 15 is 0 Å². The summed E-state index contributed by atoms with van der Waals surface area (Å²) in [6.07, 6.45) is 0.609. The molecule has 128 valence electrons. The molecule has 25 heavy (non-hydrogen) atoms. The summed E-state index contributed by atoms with van der Waals surface area (Å²) in [4.78, 5) is 16.7. The SMILES string of the molecule is COc1cccc(C(=O)NCCc2nc(-c3ccccc3)oc2C)c1. The number of aryl methyl sites for hydroxylation is 1. The molecule has 1 heterocycles. The Morgan fingerprint density at radius 1 is 1.16 bits per heavy atom. The lowest BCUT2D eigenvalue weighted by molar-refractivity contribution is 0.0953. The van der Waals surface area contributed by atoms with Crippen molar-refractivity contribution in [3.8, 4) is 17.2 Å². The first-order chi connectivity index (χ1) is 12.2. The highest BCUT2D eigenvalue weighted by atomic mass is 16.5. The molecule has 0 aliphatic rings. The van der Waals surface area contributed by atoms with Crippen LogP contribution in [0.15, 0.2) is 59.0 Å². The van der Waals surface area contributed by atoms with Crippen LogP contribution >= 0.6 is 0 Å². The van der Waals surface area contributed by atoms with Gasteiger partial charge in [0.25, 0.3) is 5.91 Å². The van der Waals surface area contributed by atoms with E-state index in [0.29, 0.717) is 30.2 Å². The molecule has 0 bridgehead atoms. The fourth-order valence-corrected chi connectivity index (χ4v) is 2.52. The standard InChI is InChI=1S/C20H20N2O3/c1-14-18(22-20(25-14)15-7-4-3-5-8-15)11-12-21-19(23)16-9-6-10-17(13-16)24-2/h3-10,13H,11-12H2,1-2H3,(H,21,23). The van der Waals surface area contributed by atoms with Crippen LogP contribution in [-0.2, 0) is 6.42 Å². The maximum Gasteiger partial charge on any atom is 0.251 e. The first kappa shape index (κ1) is 16.8. The van der Waals surface area contributed by atoms with E-state index in [-0.39, 0.29) is 5.91 Å². The summed E-state index contributed by atoms with van der Waals surface area (Å²) in [5.41, 5.74) is 2.36. The number of methoxy groups -OCH3 is 1. The normalized spacial score (nSPS) is 10.5. The van der Waals surface area contributed by atoms with Gasteiger partial charge in [0, 0.05) is 24.1 Å². The van der Waals surface area contributed by atoms with Gasteiger partial charge in [0.05, 0.1) is 12.8 Å². The number of hydrogen-bond donors (Lipinski definition) is 1. The molecular formula is C20H20N2O3. The summed E-state index contributed by atoms with van der Waals surface area (Å²) < 4.78 is 10.9. The predicted molar refractivity (Wildman–Crippen MR) is 95.7 cm³/mol. The Hall–Kier alpha value is -3.08. The van der Waals surface area contributed by atoms with E-state index in [1.807, 2.05) is 37.3 Å². The molecule has 0 fully saturated rings. The number of carbonyl (C=O) groups excluding carboxylic acids is 1. The highest BCUT2D eigenvalue weighted by molar-refractivity contribution is 5.94. The highest BCUT2D eigenvalue weighted by Gasteiger charge is 2.12. The smallest absolute Gasteiger partial charge is 0.251 e. The molecule has 0 saturated carbocycles. The highest BCUT2D eigenvalue weighted by Crippen LogP contribution is 2.21. The average molecular weight is 336 g/mol. The number of ether oxygens (including phenoxy) is 1. The number of hydrogen-bond acceptors (Lipinski definition) is 4. The van der Waals surface area contributed by atoms with Crippen LogP contribution in [0.25, 0.3) is 11.5 Å². The van der Waals surface area contributed by atoms with Crippen molar-refractivity contribution in [2.75, 3.05) is 13.7 Å². The van der Waals surface area contributed by atoms with Crippen LogP contribution in [0.4, 0.5) is 0 Å². The second-order valence-electron chi connectivity index (χ2n) is 5.63. The molecule has 5 heteroatoms. The van der Waals surface area contributed by atoms with E-state index in [0.717, 1.165) is 17.0 Å². The number of nitrogens with one attached hydrogen (secondary N) is 1. The zero-order valence-corrected chi connectivity index (χ0v) is 14.3. The maximum atomic E-state index is 12.2. The summed E-state index contributed by atoms with van der Waals surface area (Å²) >= 11 is 0. The van der Waals surface area contributed by atoms with E-state index in [1.54, 1.807) is 31.4 Å². The van der Waals surface area contributed by atoms with E-state index < -0.39 is 0 Å². The number of aromatic nitrogens is 1. The topological polar surface area (TPSA) is 64.4 Å². The van der Waals surface area contributed by atoms with E-state index in [4.69, 9.17) is 9.15 Å². The van der Waals surface area contributed by atoms with Crippen molar-refractivity contribution in [3.63, 3.8) is 0 Å². The average Bonchev–Trinajstić information content (AvgIpc) is 3.03. The fourth-order valence-electron chi connectivity index (χ4n) is 2.52. The summed E-state index contributed by atoms with van der Waals surface area (Å²) in [5.74, 6) is 1.90. The van der Waals surface area contributed by atoms with Gasteiger partial charge in [0.1, 0.15) is 11.5 Å². The van der Waals surface area contributed by atoms with Crippen molar-refractivity contribution in [1.82, 2.24) is 10.3 Å². The molecule has 1 N–H and O–H groups in total. The van der Waals surface area contributed by atoms with Crippen LogP contribution in [-0.4, -0.2) is 24.5 Å². The Kier molecular flexibility index (Phi) is 5.14. The van der Waals surface area contributed by atoms with Gasteiger partial charge in [0.15, 0.2) is 0 Å². The Morgan fingerprint density at radius 3 is 2.72 bits per heavy atom. The van der Waals surface area contributed by atoms with Crippen LogP contribution in [0.5, 0.6) is 5.75 Å². The molecule has 3 aromatic rings. The van der Waals surface area contributed by atoms with Gasteiger partial charge in [-0.25, -0.2) is 4.98 Å². The van der Waals surface area contributed by atoms with Crippen molar-refractivity contribution in [2.24, 2.45) is 0 Å². The van der Waals surface area contributed by atoms with Gasteiger partial charge in [-0.1, -0.05) is 24.3 Å². The minimum Gasteiger partial charge on any atom is -0.497 e. The molecule has 1 amide bonds. The summed E-state index contributed by atoms with van der Waals surface area (Å²) in [6, 6.07) is 16.8. The number of amides is 1. The Morgan fingerprint density at radius 2 is 1.96 bits per heavy atom. The van der Waals surface area contributed by atoms with E-state index in [2.05, 4.69) is 10.3 Å². The fraction of sp³-hybridized carbons (Fsp3) is 0.200. The van der Waals surface area contributed by atoms with Crippen LogP contribution in [0.1, 0.15) is 21.8 Å². The molecule has 0 unspecified atom stereocenters. The molecule has 0 aliphatic carbocycles. The molecular weight excluding hydrogens is 316 g/mol. The molecule has 0 radical (unpaired) electrons. The predicted octanol–water partition coefficient (Wildman–Crippen LogP) is 3.63. The van der Waals surface area contributed by atoms with Crippen LogP contribution < -0.4 is 10.1 Å². The van der Waals surface area contributed by atoms with Gasteiger partial charge < -0.3 is 14.5 Å². The zero-order valence-electron chi connectivity index (χ0n) is 14.3. The number of rotatable bonds is 6. The van der Waals surface area contributed by atoms with Crippen molar-refractivity contribution in [3.05, 3.63) is 71.6 Å². The minimum atomic E-state index is -0.136. The van der Waals surface area contributed by atoms with Gasteiger partial charge in [-0.3, -0.25) is 4.79 Å². The largest absolute Gasteiger partial charge is 0.497 e. The quantitative estimate of drug-likeness (QED) is 0.746. The van der Waals surface area contributed by atoms with Gasteiger partial charge in [0.2, 0.25) is 5.89 Å². The van der Waals surface area contributed by atoms with E-state index in [1.165, 1.54) is 0 Å². The van der Waals surface area contributed by atoms with Crippen molar-refractivity contribution < 1.29 is 13.9 Å². The second-order valence-corrected chi connectivity index (χ2v) is 5.63. The molecule has 1 aromatic heterocycles. The van der Waals surface area contributed by atoms with E-state index in [9.17, 15) is 4.79 Å². The molecule has 0 spiro atoms. The summed E-state index contributed by atoms with van der Waals surface area (Å²) in [5, 5.41) is 2.90. The van der Waals surface area contributed by atoms with Crippen LogP contribution in [0.2, 0.25) is 0 Å². The molecule has 3 rings (SSSR count). The Bertz CT molecular complexity index is 856. The summed E-state index contributed by atoms with van der Waals surface area (Å²) in [6.45, 7) is 2.37. The van der Waals surface area contributed by atoms with Crippen LogP contribution in [0, 0.1) is 6.92 Å². The van der Waals surface area contributed by atoms with Crippen molar-refractivity contribution in [1.29, 1.82) is 0 Å². The summed E-state index contributed by atoms with van der Waals surface area (Å²) in [7, 11) is 1.58. The molecule has 5 nitrogen and oxygen atoms in total. The van der Waals surface area contributed by atoms with Crippen molar-refractivity contribution >= 4 is 5.91 Å². The number of nitrogens with zero attached hydrogens (tertiary/aromatic N) is 1. The number of benzene rings is 2. The number of oxazole rings is 1. The van der Waals surface area contributed by atoms with Crippen LogP contribution in [0.3, 0.4) is 0 Å². The zero-order chi connectivity index (χ0) is 17.6. The first-order valence-corrected chi connectivity index (χ1v) is 8.11. The molecule has 2 aromatic carbocycles. The van der Waals surface area contributed by atoms with Gasteiger partial charge in [-0.2, -0.15) is 0 Å². The lowest BCUT2D eigenvalue weighted by Crippen LogP contribution is -2.25. The molecule has 0 aliphatic heterocycles. The maximum absolute atomic E-state index is 12.2. The molecule has 0 atom stereocenters. The second kappa shape index (κ2) is 7.66. The van der Waals surface area contributed by atoms with Gasteiger partial charge in [-0.15, -0.1) is 0 Å². The Balaban J connectivity index is 1.60. The molecule has 0 saturated heterocycles. The third-order valence-corrected chi connectivity index (χ3v) is 3.89. The van der Waals surface area contributed by atoms with Crippen molar-refractivity contribution in [2.45, 2.75) is 13.3 Å². The first-order valence-electron chi connectivity index (χ1n) is 8.11. The lowest BCUT2D eigenvalue weighted by atomic mass is 10.2. The third kappa shape index (κ3) is 4.07.